The lowest BCUT2D eigenvalue weighted by molar-refractivity contribution is 0.0945. The highest BCUT2D eigenvalue weighted by atomic mass is 35.5. The van der Waals surface area contributed by atoms with Crippen LogP contribution in [0.25, 0.3) is 12.2 Å². The molecule has 0 saturated heterocycles. The molecule has 4 aromatic rings. The number of rotatable bonds is 8. The van der Waals surface area contributed by atoms with Crippen LogP contribution in [0, 0.1) is 0 Å². The summed E-state index contributed by atoms with van der Waals surface area (Å²) >= 11 is 0. The summed E-state index contributed by atoms with van der Waals surface area (Å²) in [5.41, 5.74) is 13.5. The number of halogens is 1. The third-order valence-corrected chi connectivity index (χ3v) is 4.27. The van der Waals surface area contributed by atoms with Crippen molar-refractivity contribution < 1.29 is 9.59 Å². The van der Waals surface area contributed by atoms with Crippen molar-refractivity contribution in [1.82, 2.24) is 40.5 Å². The van der Waals surface area contributed by atoms with Gasteiger partial charge in [0.25, 0.3) is 11.8 Å². The number of aromatic amines is 4. The Hall–Kier alpha value is -4.71. The molecule has 184 valence electrons. The zero-order chi connectivity index (χ0) is 24.2. The highest BCUT2D eigenvalue weighted by molar-refractivity contribution is 5.92. The Kier molecular flexibility index (Phi) is 10.4. The van der Waals surface area contributed by atoms with Crippen molar-refractivity contribution in [1.29, 1.82) is 0 Å². The zero-order valence-electron chi connectivity index (χ0n) is 18.6. The highest BCUT2D eigenvalue weighted by Gasteiger charge is 2.03. The number of nitrogen functional groups attached to an aromatic ring is 2. The number of amides is 2. The molecule has 13 heteroatoms. The first-order valence-electron chi connectivity index (χ1n) is 10.3. The van der Waals surface area contributed by atoms with Crippen LogP contribution in [0.2, 0.25) is 0 Å². The third kappa shape index (κ3) is 8.98. The van der Waals surface area contributed by atoms with Crippen molar-refractivity contribution in [2.24, 2.45) is 0 Å². The summed E-state index contributed by atoms with van der Waals surface area (Å²) in [5.74, 6) is 0.479. The standard InChI is InChI=1S/2C11H13N5O.ClH/c2*12-11-15-7-8(16-11)3-1-6-14-10(17)9-4-2-5-13-9;/h2*1-5,7,13H,6H2,(H,14,17)(H3,12,15,16);1H/b3-1+;3-1-;. The van der Waals surface area contributed by atoms with Gasteiger partial charge in [-0.15, -0.1) is 12.4 Å². The van der Waals surface area contributed by atoms with Crippen LogP contribution in [0.5, 0.6) is 0 Å². The number of hydrogen-bond acceptors (Lipinski definition) is 6. The fourth-order valence-electron chi connectivity index (χ4n) is 2.68. The molecule has 0 atom stereocenters. The van der Waals surface area contributed by atoms with Crippen LogP contribution in [0.15, 0.2) is 61.2 Å². The van der Waals surface area contributed by atoms with Gasteiger partial charge in [0.1, 0.15) is 11.4 Å². The minimum Gasteiger partial charge on any atom is -0.369 e. The third-order valence-electron chi connectivity index (χ3n) is 4.27. The fourth-order valence-corrected chi connectivity index (χ4v) is 2.68. The maximum absolute atomic E-state index is 11.5. The molecule has 4 aromatic heterocycles. The van der Waals surface area contributed by atoms with Crippen LogP contribution in [0.3, 0.4) is 0 Å². The molecule has 0 spiro atoms. The number of H-pyrrole nitrogens is 4. The molecule has 0 bridgehead atoms. The SMILES string of the molecule is Cl.Nc1ncc(/C=C/CNC(=O)c2ccc[nH]2)[nH]1.Nc1ncc(/C=C\CNC(=O)c2ccc[nH]2)[nH]1. The molecule has 2 amide bonds. The van der Waals surface area contributed by atoms with Crippen LogP contribution in [0.4, 0.5) is 11.9 Å². The summed E-state index contributed by atoms with van der Waals surface area (Å²) < 4.78 is 0. The van der Waals surface area contributed by atoms with Gasteiger partial charge in [0, 0.05) is 25.5 Å². The fraction of sp³-hybridized carbons (Fsp3) is 0.0909. The summed E-state index contributed by atoms with van der Waals surface area (Å²) in [5, 5.41) is 5.48. The van der Waals surface area contributed by atoms with Crippen LogP contribution in [-0.2, 0) is 0 Å². The average molecular weight is 499 g/mol. The minimum absolute atomic E-state index is 0. The first kappa shape index (κ1) is 26.5. The molecular formula is C22H27ClN10O2. The van der Waals surface area contributed by atoms with E-state index < -0.39 is 0 Å². The molecule has 4 heterocycles. The Bertz CT molecular complexity index is 1130. The van der Waals surface area contributed by atoms with Gasteiger partial charge in [-0.2, -0.15) is 0 Å². The number of imidazole rings is 2. The lowest BCUT2D eigenvalue weighted by Gasteiger charge is -1.98. The summed E-state index contributed by atoms with van der Waals surface area (Å²) in [6.45, 7) is 0.882. The van der Waals surface area contributed by atoms with Crippen LogP contribution >= 0.6 is 12.4 Å². The van der Waals surface area contributed by atoms with Crippen LogP contribution in [-0.4, -0.2) is 54.8 Å². The van der Waals surface area contributed by atoms with Crippen molar-refractivity contribution in [3.8, 4) is 0 Å². The monoisotopic (exact) mass is 498 g/mol. The number of nitrogens with zero attached hydrogens (tertiary/aromatic N) is 2. The van der Waals surface area contributed by atoms with Crippen molar-refractivity contribution in [2.45, 2.75) is 0 Å². The number of nitrogens with two attached hydrogens (primary N) is 2. The van der Waals surface area contributed by atoms with Crippen molar-refractivity contribution >= 4 is 48.3 Å². The molecule has 0 unspecified atom stereocenters. The quantitative estimate of drug-likeness (QED) is 0.182. The number of nitrogens with one attached hydrogen (secondary N) is 6. The molecule has 0 aliphatic rings. The predicted octanol–water partition coefficient (Wildman–Crippen LogP) is 1.95. The van der Waals surface area contributed by atoms with Gasteiger partial charge in [-0.25, -0.2) is 9.97 Å². The number of anilines is 2. The van der Waals surface area contributed by atoms with Crippen molar-refractivity contribution in [3.63, 3.8) is 0 Å². The Labute approximate surface area is 207 Å². The Morgan fingerprint density at radius 2 is 1.23 bits per heavy atom. The largest absolute Gasteiger partial charge is 0.369 e. The first-order valence-corrected chi connectivity index (χ1v) is 10.3. The second-order valence-corrected chi connectivity index (χ2v) is 6.84. The van der Waals surface area contributed by atoms with E-state index in [9.17, 15) is 9.59 Å². The predicted molar refractivity (Wildman–Crippen MR) is 138 cm³/mol. The van der Waals surface area contributed by atoms with Gasteiger partial charge in [0.2, 0.25) is 0 Å². The maximum Gasteiger partial charge on any atom is 0.267 e. The second kappa shape index (κ2) is 13.7. The molecular weight excluding hydrogens is 472 g/mol. The topological polar surface area (TPSA) is 199 Å². The molecule has 12 nitrogen and oxygen atoms in total. The van der Waals surface area contributed by atoms with E-state index in [4.69, 9.17) is 11.5 Å². The molecule has 0 fully saturated rings. The van der Waals surface area contributed by atoms with Crippen LogP contribution < -0.4 is 22.1 Å². The molecule has 0 saturated carbocycles. The molecule has 0 aliphatic heterocycles. The van der Waals surface area contributed by atoms with E-state index in [0.29, 0.717) is 36.4 Å². The van der Waals surface area contributed by atoms with E-state index in [2.05, 4.69) is 40.5 Å². The average Bonchev–Trinajstić information content (AvgIpc) is 3.63. The van der Waals surface area contributed by atoms with Gasteiger partial charge in [-0.3, -0.25) is 9.59 Å². The normalized spacial score (nSPS) is 10.5. The van der Waals surface area contributed by atoms with E-state index in [0.717, 1.165) is 11.4 Å². The van der Waals surface area contributed by atoms with Gasteiger partial charge in [-0.05, 0) is 36.4 Å². The Morgan fingerprint density at radius 3 is 1.54 bits per heavy atom. The van der Waals surface area contributed by atoms with E-state index in [1.807, 2.05) is 12.2 Å². The maximum atomic E-state index is 11.5. The highest BCUT2D eigenvalue weighted by Crippen LogP contribution is 2.01. The van der Waals surface area contributed by atoms with Crippen LogP contribution in [0.1, 0.15) is 32.4 Å². The van der Waals surface area contributed by atoms with Gasteiger partial charge in [0.05, 0.1) is 23.8 Å². The van der Waals surface area contributed by atoms with E-state index >= 15 is 0 Å². The Morgan fingerprint density at radius 1 is 0.800 bits per heavy atom. The summed E-state index contributed by atoms with van der Waals surface area (Å²) in [7, 11) is 0. The van der Waals surface area contributed by atoms with Gasteiger partial charge in [0.15, 0.2) is 11.9 Å². The molecule has 10 N–H and O–H groups in total. The van der Waals surface area contributed by atoms with Gasteiger partial charge in [-0.1, -0.05) is 12.2 Å². The molecule has 0 aliphatic carbocycles. The van der Waals surface area contributed by atoms with Crippen molar-refractivity contribution in [2.75, 3.05) is 24.6 Å². The molecule has 0 aromatic carbocycles. The van der Waals surface area contributed by atoms with E-state index in [1.165, 1.54) is 0 Å². The summed E-state index contributed by atoms with van der Waals surface area (Å²) in [4.78, 5) is 42.1. The van der Waals surface area contributed by atoms with E-state index in [1.54, 1.807) is 61.2 Å². The molecule has 4 rings (SSSR count). The number of aromatic nitrogens is 6. The number of carbonyl (C=O) groups is 2. The second-order valence-electron chi connectivity index (χ2n) is 6.84. The molecule has 0 radical (unpaired) electrons. The van der Waals surface area contributed by atoms with Gasteiger partial charge >= 0.3 is 0 Å². The Balaban J connectivity index is 0.000000240. The summed E-state index contributed by atoms with van der Waals surface area (Å²) in [6, 6.07) is 6.99. The lowest BCUT2D eigenvalue weighted by Crippen LogP contribution is -2.23. The van der Waals surface area contributed by atoms with Crippen molar-refractivity contribution in [3.05, 3.63) is 84.0 Å². The van der Waals surface area contributed by atoms with Gasteiger partial charge < -0.3 is 42.0 Å². The molecule has 35 heavy (non-hydrogen) atoms. The lowest BCUT2D eigenvalue weighted by atomic mass is 10.4. The number of carbonyl (C=O) groups excluding carboxylic acids is 2. The van der Waals surface area contributed by atoms with E-state index in [-0.39, 0.29) is 24.2 Å². The summed E-state index contributed by atoms with van der Waals surface area (Å²) in [6.07, 6.45) is 13.9. The minimum atomic E-state index is -0.135. The smallest absolute Gasteiger partial charge is 0.267 e. The zero-order valence-corrected chi connectivity index (χ0v) is 19.4. The number of hydrogen-bond donors (Lipinski definition) is 8. The first-order chi connectivity index (χ1) is 16.5.